The first kappa shape index (κ1) is 17.4. The quantitative estimate of drug-likeness (QED) is 0.661. The summed E-state index contributed by atoms with van der Waals surface area (Å²) in [6, 6.07) is 8.74. The maximum Gasteiger partial charge on any atom is 0.276 e. The number of amides is 1. The van der Waals surface area contributed by atoms with Crippen molar-refractivity contribution in [1.29, 1.82) is 0 Å². The average Bonchev–Trinajstić information content (AvgIpc) is 3.43. The molecule has 4 rings (SSSR count). The molecule has 0 N–H and O–H groups in total. The minimum absolute atomic E-state index is 0.239. The summed E-state index contributed by atoms with van der Waals surface area (Å²) in [5, 5.41) is 7.53. The summed E-state index contributed by atoms with van der Waals surface area (Å²) in [4.78, 5) is 15.1. The van der Waals surface area contributed by atoms with Gasteiger partial charge in [-0.15, -0.1) is 22.7 Å². The molecule has 1 saturated heterocycles. The molecule has 1 aliphatic heterocycles. The Bertz CT molecular complexity index is 986. The second-order valence-electron chi connectivity index (χ2n) is 5.68. The van der Waals surface area contributed by atoms with Crippen molar-refractivity contribution in [1.82, 2.24) is 14.4 Å². The van der Waals surface area contributed by atoms with Crippen LogP contribution in [0.15, 0.2) is 49.8 Å². The van der Waals surface area contributed by atoms with Gasteiger partial charge in [-0.1, -0.05) is 17.3 Å². The predicted molar refractivity (Wildman–Crippen MR) is 98.8 cm³/mol. The van der Waals surface area contributed by atoms with Gasteiger partial charge in [0.25, 0.3) is 15.9 Å². The van der Waals surface area contributed by atoms with Crippen molar-refractivity contribution in [2.45, 2.75) is 4.21 Å². The van der Waals surface area contributed by atoms with Crippen LogP contribution in [0.5, 0.6) is 0 Å². The van der Waals surface area contributed by atoms with Crippen molar-refractivity contribution in [3.63, 3.8) is 0 Å². The second kappa shape index (κ2) is 6.95. The zero-order valence-corrected chi connectivity index (χ0v) is 16.0. The van der Waals surface area contributed by atoms with Gasteiger partial charge in [-0.25, -0.2) is 8.42 Å². The van der Waals surface area contributed by atoms with Crippen LogP contribution < -0.4 is 0 Å². The minimum Gasteiger partial charge on any atom is -0.355 e. The van der Waals surface area contributed by atoms with E-state index >= 15 is 0 Å². The molecule has 0 unspecified atom stereocenters. The van der Waals surface area contributed by atoms with Crippen LogP contribution in [0.3, 0.4) is 0 Å². The lowest BCUT2D eigenvalue weighted by Gasteiger charge is -2.33. The van der Waals surface area contributed by atoms with Crippen molar-refractivity contribution in [2.24, 2.45) is 0 Å². The highest BCUT2D eigenvalue weighted by molar-refractivity contribution is 7.91. The van der Waals surface area contributed by atoms with Gasteiger partial charge in [0, 0.05) is 32.2 Å². The fraction of sp³-hybridized carbons (Fsp3) is 0.250. The molecule has 7 nitrogen and oxygen atoms in total. The van der Waals surface area contributed by atoms with Gasteiger partial charge in [0.15, 0.2) is 11.5 Å². The van der Waals surface area contributed by atoms with Crippen LogP contribution in [0.1, 0.15) is 10.5 Å². The lowest BCUT2D eigenvalue weighted by molar-refractivity contribution is 0.0687. The van der Waals surface area contributed by atoms with E-state index in [-0.39, 0.29) is 24.7 Å². The first-order valence-electron chi connectivity index (χ1n) is 7.89. The molecule has 0 aliphatic carbocycles. The molecule has 4 heterocycles. The lowest BCUT2D eigenvalue weighted by Crippen LogP contribution is -2.50. The normalized spacial score (nSPS) is 16.1. The summed E-state index contributed by atoms with van der Waals surface area (Å²) in [7, 11) is -3.48. The van der Waals surface area contributed by atoms with Crippen LogP contribution in [-0.2, 0) is 10.0 Å². The Morgan fingerprint density at radius 1 is 1.08 bits per heavy atom. The molecule has 10 heteroatoms. The van der Waals surface area contributed by atoms with Crippen LogP contribution in [0, 0.1) is 0 Å². The van der Waals surface area contributed by atoms with E-state index in [0.29, 0.717) is 23.1 Å². The molecule has 0 radical (unpaired) electrons. The first-order chi connectivity index (χ1) is 12.6. The van der Waals surface area contributed by atoms with Gasteiger partial charge < -0.3 is 9.42 Å². The topological polar surface area (TPSA) is 83.7 Å². The Hall–Kier alpha value is -2.01. The van der Waals surface area contributed by atoms with E-state index in [9.17, 15) is 13.2 Å². The summed E-state index contributed by atoms with van der Waals surface area (Å²) in [6.45, 7) is 1.18. The number of nitrogens with zero attached hydrogens (tertiary/aromatic N) is 3. The first-order valence-corrected chi connectivity index (χ1v) is 11.1. The van der Waals surface area contributed by atoms with Crippen molar-refractivity contribution < 1.29 is 17.7 Å². The molecule has 0 aromatic carbocycles. The fourth-order valence-corrected chi connectivity index (χ4v) is 5.98. The van der Waals surface area contributed by atoms with Crippen molar-refractivity contribution >= 4 is 38.6 Å². The van der Waals surface area contributed by atoms with Crippen LogP contribution in [0.25, 0.3) is 10.6 Å². The van der Waals surface area contributed by atoms with Gasteiger partial charge >= 0.3 is 0 Å². The Balaban J connectivity index is 1.43. The van der Waals surface area contributed by atoms with E-state index in [1.165, 1.54) is 27.0 Å². The van der Waals surface area contributed by atoms with Crippen molar-refractivity contribution in [3.05, 3.63) is 46.8 Å². The molecule has 26 heavy (non-hydrogen) atoms. The number of aromatic nitrogens is 1. The lowest BCUT2D eigenvalue weighted by atomic mass is 10.2. The van der Waals surface area contributed by atoms with E-state index in [2.05, 4.69) is 5.16 Å². The molecular weight excluding hydrogens is 394 g/mol. The number of carbonyl (C=O) groups excluding carboxylic acids is 1. The summed E-state index contributed by atoms with van der Waals surface area (Å²) < 4.78 is 32.1. The highest BCUT2D eigenvalue weighted by atomic mass is 32.2. The second-order valence-corrected chi connectivity index (χ2v) is 9.74. The number of hydrogen-bond donors (Lipinski definition) is 0. The number of rotatable bonds is 4. The molecular formula is C16H15N3O4S3. The van der Waals surface area contributed by atoms with Crippen LogP contribution in [0.4, 0.5) is 0 Å². The van der Waals surface area contributed by atoms with Crippen LogP contribution in [-0.4, -0.2) is 54.9 Å². The third-order valence-electron chi connectivity index (χ3n) is 4.11. The van der Waals surface area contributed by atoms with E-state index in [0.717, 1.165) is 4.88 Å². The molecule has 1 aliphatic rings. The van der Waals surface area contributed by atoms with Gasteiger partial charge in [-0.05, 0) is 22.9 Å². The minimum atomic E-state index is -3.48. The Morgan fingerprint density at radius 3 is 2.46 bits per heavy atom. The third kappa shape index (κ3) is 3.20. The van der Waals surface area contributed by atoms with Gasteiger partial charge in [-0.3, -0.25) is 4.79 Å². The highest BCUT2D eigenvalue weighted by Gasteiger charge is 2.31. The average molecular weight is 410 g/mol. The summed E-state index contributed by atoms with van der Waals surface area (Å²) in [5.74, 6) is 0.312. The van der Waals surface area contributed by atoms with Crippen LogP contribution in [0.2, 0.25) is 0 Å². The van der Waals surface area contributed by atoms with Gasteiger partial charge in [-0.2, -0.15) is 4.31 Å². The summed E-state index contributed by atoms with van der Waals surface area (Å²) in [5.41, 5.74) is 0.239. The standard InChI is InChI=1S/C16H15N3O4S3/c20-16(12-11-13(23-17-12)14-3-1-9-24-14)18-5-7-19(8-6-18)26(21,22)15-4-2-10-25-15/h1-4,9-11H,5-8H2. The number of piperazine rings is 1. The van der Waals surface area contributed by atoms with E-state index in [1.54, 1.807) is 28.5 Å². The smallest absolute Gasteiger partial charge is 0.276 e. The maximum atomic E-state index is 12.6. The van der Waals surface area contributed by atoms with Gasteiger partial charge in [0.05, 0.1) is 4.88 Å². The monoisotopic (exact) mass is 409 g/mol. The molecule has 3 aromatic rings. The molecule has 0 spiro atoms. The predicted octanol–water partition coefficient (Wildman–Crippen LogP) is 2.61. The molecule has 1 amide bonds. The third-order valence-corrected chi connectivity index (χ3v) is 8.26. The number of thiophene rings is 2. The Morgan fingerprint density at radius 2 is 1.81 bits per heavy atom. The molecule has 1 fully saturated rings. The summed E-state index contributed by atoms with van der Waals surface area (Å²) in [6.07, 6.45) is 0. The van der Waals surface area contributed by atoms with Gasteiger partial charge in [0.1, 0.15) is 4.21 Å². The van der Waals surface area contributed by atoms with Crippen LogP contribution >= 0.6 is 22.7 Å². The Labute approximate surface area is 158 Å². The van der Waals surface area contributed by atoms with E-state index in [1.807, 2.05) is 17.5 Å². The fourth-order valence-electron chi connectivity index (χ4n) is 2.74. The maximum absolute atomic E-state index is 12.6. The molecule has 136 valence electrons. The SMILES string of the molecule is O=C(c1cc(-c2cccs2)on1)N1CCN(S(=O)(=O)c2cccs2)CC1. The van der Waals surface area contributed by atoms with E-state index in [4.69, 9.17) is 4.52 Å². The highest BCUT2D eigenvalue weighted by Crippen LogP contribution is 2.26. The zero-order valence-electron chi connectivity index (χ0n) is 13.6. The molecule has 0 saturated carbocycles. The number of sulfonamides is 1. The molecule has 3 aromatic heterocycles. The van der Waals surface area contributed by atoms with Gasteiger partial charge in [0.2, 0.25) is 0 Å². The molecule has 0 bridgehead atoms. The largest absolute Gasteiger partial charge is 0.355 e. The summed E-state index contributed by atoms with van der Waals surface area (Å²) >= 11 is 2.70. The van der Waals surface area contributed by atoms with Crippen molar-refractivity contribution in [2.75, 3.05) is 26.2 Å². The molecule has 0 atom stereocenters. The van der Waals surface area contributed by atoms with Crippen molar-refractivity contribution in [3.8, 4) is 10.6 Å². The number of carbonyl (C=O) groups is 1. The van der Waals surface area contributed by atoms with E-state index < -0.39 is 10.0 Å². The zero-order chi connectivity index (χ0) is 18.1. The Kier molecular flexibility index (Phi) is 4.65. The number of hydrogen-bond acceptors (Lipinski definition) is 7.